The largest absolute Gasteiger partial charge is 0.494 e. The van der Waals surface area contributed by atoms with E-state index in [4.69, 9.17) is 10.6 Å². The lowest BCUT2D eigenvalue weighted by atomic mass is 10.0. The minimum atomic E-state index is 0.0948. The molecule has 0 fully saturated rings. The topological polar surface area (TPSA) is 60.2 Å². The lowest BCUT2D eigenvalue weighted by Crippen LogP contribution is -2.28. The molecule has 0 bridgehead atoms. The summed E-state index contributed by atoms with van der Waals surface area (Å²) in [6, 6.07) is 14.1. The van der Waals surface area contributed by atoms with Crippen LogP contribution in [0.15, 0.2) is 48.7 Å². The fourth-order valence-corrected chi connectivity index (χ4v) is 2.17. The Morgan fingerprint density at radius 2 is 2.15 bits per heavy atom. The number of aryl methyl sites for hydroxylation is 1. The van der Waals surface area contributed by atoms with Crippen molar-refractivity contribution in [2.75, 3.05) is 6.61 Å². The van der Waals surface area contributed by atoms with E-state index in [1.165, 1.54) is 0 Å². The summed E-state index contributed by atoms with van der Waals surface area (Å²) >= 11 is 0. The van der Waals surface area contributed by atoms with Gasteiger partial charge in [-0.3, -0.25) is 16.3 Å². The molecule has 106 valence electrons. The molecule has 1 atom stereocenters. The first-order valence-electron chi connectivity index (χ1n) is 6.92. The normalized spacial score (nSPS) is 12.1. The molecular formula is C16H21N3O. The minimum Gasteiger partial charge on any atom is -0.494 e. The van der Waals surface area contributed by atoms with Crippen LogP contribution < -0.4 is 16.0 Å². The third-order valence-corrected chi connectivity index (χ3v) is 3.19. The van der Waals surface area contributed by atoms with Crippen molar-refractivity contribution in [1.82, 2.24) is 10.4 Å². The molecule has 1 aromatic carbocycles. The third kappa shape index (κ3) is 4.05. The first-order valence-corrected chi connectivity index (χ1v) is 6.92. The molecule has 2 aromatic rings. The van der Waals surface area contributed by atoms with E-state index in [0.29, 0.717) is 6.61 Å². The zero-order valence-electron chi connectivity index (χ0n) is 11.8. The van der Waals surface area contributed by atoms with Gasteiger partial charge in [0.1, 0.15) is 5.75 Å². The van der Waals surface area contributed by atoms with Crippen molar-refractivity contribution >= 4 is 0 Å². The van der Waals surface area contributed by atoms with Gasteiger partial charge in [-0.15, -0.1) is 0 Å². The average molecular weight is 271 g/mol. The smallest absolute Gasteiger partial charge is 0.119 e. The van der Waals surface area contributed by atoms with Gasteiger partial charge in [-0.2, -0.15) is 0 Å². The summed E-state index contributed by atoms with van der Waals surface area (Å²) in [5.41, 5.74) is 5.09. The van der Waals surface area contributed by atoms with Crippen LogP contribution in [0.4, 0.5) is 0 Å². The van der Waals surface area contributed by atoms with Gasteiger partial charge < -0.3 is 4.74 Å². The maximum atomic E-state index is 5.68. The van der Waals surface area contributed by atoms with Crippen molar-refractivity contribution in [3.63, 3.8) is 0 Å². The summed E-state index contributed by atoms with van der Waals surface area (Å²) in [5.74, 6) is 6.56. The molecule has 1 aromatic heterocycles. The second-order valence-corrected chi connectivity index (χ2v) is 4.58. The summed E-state index contributed by atoms with van der Waals surface area (Å²) in [4.78, 5) is 4.33. The zero-order valence-corrected chi connectivity index (χ0v) is 11.8. The summed E-state index contributed by atoms with van der Waals surface area (Å²) in [5, 5.41) is 0. The third-order valence-electron chi connectivity index (χ3n) is 3.19. The van der Waals surface area contributed by atoms with Gasteiger partial charge in [-0.25, -0.2) is 0 Å². The van der Waals surface area contributed by atoms with Crippen molar-refractivity contribution in [2.24, 2.45) is 5.84 Å². The molecule has 0 radical (unpaired) electrons. The number of hydrazine groups is 1. The maximum absolute atomic E-state index is 5.68. The first kappa shape index (κ1) is 14.5. The van der Waals surface area contributed by atoms with Crippen LogP contribution in [0.1, 0.15) is 30.6 Å². The quantitative estimate of drug-likeness (QED) is 0.600. The molecule has 0 aliphatic heterocycles. The van der Waals surface area contributed by atoms with E-state index in [0.717, 1.165) is 29.8 Å². The summed E-state index contributed by atoms with van der Waals surface area (Å²) in [6.07, 6.45) is 3.59. The predicted octanol–water partition coefficient (Wildman–Crippen LogP) is 2.62. The van der Waals surface area contributed by atoms with Crippen LogP contribution >= 0.6 is 0 Å². The van der Waals surface area contributed by atoms with Crippen LogP contribution in [-0.2, 0) is 6.42 Å². The van der Waals surface area contributed by atoms with Gasteiger partial charge in [0.15, 0.2) is 0 Å². The van der Waals surface area contributed by atoms with Gasteiger partial charge >= 0.3 is 0 Å². The molecule has 3 N–H and O–H groups in total. The standard InChI is InChI=1S/C16H21N3O/c1-2-20-15-8-5-6-13(12-15)16(19-17)10-9-14-7-3-4-11-18-14/h3-8,11-12,16,19H,2,9-10,17H2,1H3. The molecular weight excluding hydrogens is 250 g/mol. The van der Waals surface area contributed by atoms with Crippen LogP contribution in [-0.4, -0.2) is 11.6 Å². The number of nitrogens with zero attached hydrogens (tertiary/aromatic N) is 1. The number of nitrogens with one attached hydrogen (secondary N) is 1. The fourth-order valence-electron chi connectivity index (χ4n) is 2.17. The van der Waals surface area contributed by atoms with Crippen molar-refractivity contribution in [3.8, 4) is 5.75 Å². The van der Waals surface area contributed by atoms with Crippen LogP contribution in [0, 0.1) is 0 Å². The van der Waals surface area contributed by atoms with Gasteiger partial charge in [0.25, 0.3) is 0 Å². The van der Waals surface area contributed by atoms with Crippen molar-refractivity contribution < 1.29 is 4.74 Å². The molecule has 4 nitrogen and oxygen atoms in total. The molecule has 4 heteroatoms. The van der Waals surface area contributed by atoms with E-state index in [1.54, 1.807) is 0 Å². The molecule has 0 aliphatic carbocycles. The maximum Gasteiger partial charge on any atom is 0.119 e. The van der Waals surface area contributed by atoms with E-state index in [1.807, 2.05) is 49.5 Å². The monoisotopic (exact) mass is 271 g/mol. The number of aromatic nitrogens is 1. The molecule has 0 aliphatic rings. The zero-order chi connectivity index (χ0) is 14.2. The Kier molecular flexibility index (Phi) is 5.53. The van der Waals surface area contributed by atoms with Crippen molar-refractivity contribution in [3.05, 3.63) is 59.9 Å². The number of ether oxygens (including phenoxy) is 1. The first-order chi connectivity index (χ1) is 9.83. The second kappa shape index (κ2) is 7.62. The molecule has 1 heterocycles. The van der Waals surface area contributed by atoms with Gasteiger partial charge in [0.05, 0.1) is 6.61 Å². The molecule has 20 heavy (non-hydrogen) atoms. The van der Waals surface area contributed by atoms with Gasteiger partial charge in [0, 0.05) is 17.9 Å². The Hall–Kier alpha value is -1.91. The average Bonchev–Trinajstić information content (AvgIpc) is 2.50. The Morgan fingerprint density at radius 1 is 1.25 bits per heavy atom. The number of nitrogens with two attached hydrogens (primary N) is 1. The molecule has 0 saturated heterocycles. The van der Waals surface area contributed by atoms with E-state index < -0.39 is 0 Å². The van der Waals surface area contributed by atoms with Crippen molar-refractivity contribution in [2.45, 2.75) is 25.8 Å². The summed E-state index contributed by atoms with van der Waals surface area (Å²) < 4.78 is 5.52. The van der Waals surface area contributed by atoms with Gasteiger partial charge in [0.2, 0.25) is 0 Å². The van der Waals surface area contributed by atoms with E-state index in [-0.39, 0.29) is 6.04 Å². The molecule has 1 unspecified atom stereocenters. The van der Waals surface area contributed by atoms with Crippen LogP contribution in [0.25, 0.3) is 0 Å². The van der Waals surface area contributed by atoms with Crippen LogP contribution in [0.3, 0.4) is 0 Å². The lowest BCUT2D eigenvalue weighted by molar-refractivity contribution is 0.339. The van der Waals surface area contributed by atoms with E-state index >= 15 is 0 Å². The Bertz CT molecular complexity index is 516. The number of hydrogen-bond donors (Lipinski definition) is 2. The van der Waals surface area contributed by atoms with Crippen LogP contribution in [0.5, 0.6) is 5.75 Å². The van der Waals surface area contributed by atoms with E-state index in [9.17, 15) is 0 Å². The fraction of sp³-hybridized carbons (Fsp3) is 0.312. The van der Waals surface area contributed by atoms with Crippen LogP contribution in [0.2, 0.25) is 0 Å². The number of pyridine rings is 1. The Morgan fingerprint density at radius 3 is 2.85 bits per heavy atom. The molecule has 0 spiro atoms. The number of rotatable bonds is 7. The SMILES string of the molecule is CCOc1cccc(C(CCc2ccccn2)NN)c1. The molecule has 0 amide bonds. The molecule has 0 saturated carbocycles. The minimum absolute atomic E-state index is 0.0948. The Balaban J connectivity index is 2.02. The lowest BCUT2D eigenvalue weighted by Gasteiger charge is -2.17. The highest BCUT2D eigenvalue weighted by Crippen LogP contribution is 2.22. The highest BCUT2D eigenvalue weighted by molar-refractivity contribution is 5.30. The Labute approximate surface area is 120 Å². The highest BCUT2D eigenvalue weighted by atomic mass is 16.5. The highest BCUT2D eigenvalue weighted by Gasteiger charge is 2.11. The van der Waals surface area contributed by atoms with Gasteiger partial charge in [-0.05, 0) is 49.6 Å². The molecule has 2 rings (SSSR count). The number of benzene rings is 1. The predicted molar refractivity (Wildman–Crippen MR) is 80.2 cm³/mol. The van der Waals surface area contributed by atoms with Crippen molar-refractivity contribution in [1.29, 1.82) is 0 Å². The summed E-state index contributed by atoms with van der Waals surface area (Å²) in [7, 11) is 0. The number of hydrogen-bond acceptors (Lipinski definition) is 4. The summed E-state index contributed by atoms with van der Waals surface area (Å²) in [6.45, 7) is 2.64. The second-order valence-electron chi connectivity index (χ2n) is 4.58. The van der Waals surface area contributed by atoms with E-state index in [2.05, 4.69) is 16.5 Å². The van der Waals surface area contributed by atoms with Gasteiger partial charge in [-0.1, -0.05) is 18.2 Å².